The highest BCUT2D eigenvalue weighted by molar-refractivity contribution is 7.94. The number of hydrogen-bond acceptors (Lipinski definition) is 6. The van der Waals surface area contributed by atoms with Gasteiger partial charge >= 0.3 is 0 Å². The van der Waals surface area contributed by atoms with Crippen molar-refractivity contribution in [3.05, 3.63) is 48.7 Å². The molecule has 0 saturated heterocycles. The summed E-state index contributed by atoms with van der Waals surface area (Å²) < 4.78 is 37.5. The third-order valence-corrected chi connectivity index (χ3v) is 5.84. The number of aromatic nitrogens is 1. The van der Waals surface area contributed by atoms with Crippen molar-refractivity contribution in [2.24, 2.45) is 0 Å². The van der Waals surface area contributed by atoms with Gasteiger partial charge in [0, 0.05) is 11.8 Å². The first-order valence-electron chi connectivity index (χ1n) is 6.26. The third-order valence-electron chi connectivity index (χ3n) is 2.87. The van der Waals surface area contributed by atoms with Crippen LogP contribution in [0.15, 0.2) is 57.4 Å². The number of nitrogens with zero attached hydrogens (tertiary/aromatic N) is 1. The lowest BCUT2D eigenvalue weighted by atomic mass is 10.3. The summed E-state index contributed by atoms with van der Waals surface area (Å²) in [6.07, 6.45) is 1.51. The summed E-state index contributed by atoms with van der Waals surface area (Å²) in [5.41, 5.74) is 0.468. The summed E-state index contributed by atoms with van der Waals surface area (Å²) in [6.45, 7) is 0. The summed E-state index contributed by atoms with van der Waals surface area (Å²) in [6, 6.07) is 11.6. The number of rotatable bonds is 5. The Hall–Kier alpha value is -2.32. The van der Waals surface area contributed by atoms with E-state index in [1.54, 1.807) is 43.5 Å². The van der Waals surface area contributed by atoms with Crippen molar-refractivity contribution in [2.45, 2.75) is 4.21 Å². The molecule has 0 aliphatic carbocycles. The number of methoxy groups -OCH3 is 1. The number of sulfonamides is 1. The molecule has 0 bridgehead atoms. The molecule has 2 heterocycles. The lowest BCUT2D eigenvalue weighted by molar-refractivity contribution is 0.415. The van der Waals surface area contributed by atoms with E-state index in [2.05, 4.69) is 9.88 Å². The molecule has 0 aliphatic heterocycles. The van der Waals surface area contributed by atoms with E-state index in [1.165, 1.54) is 12.3 Å². The number of ether oxygens (including phenoxy) is 1. The first kappa shape index (κ1) is 14.6. The fraction of sp³-hybridized carbons (Fsp3) is 0.0714. The first-order valence-corrected chi connectivity index (χ1v) is 8.56. The fourth-order valence-corrected chi connectivity index (χ4v) is 4.13. The van der Waals surface area contributed by atoms with E-state index in [9.17, 15) is 8.42 Å². The van der Waals surface area contributed by atoms with E-state index in [0.29, 0.717) is 22.1 Å². The van der Waals surface area contributed by atoms with Gasteiger partial charge in [-0.1, -0.05) is 5.16 Å². The summed E-state index contributed by atoms with van der Waals surface area (Å²) in [4.78, 5) is 0.701. The Morgan fingerprint density at radius 3 is 2.55 bits per heavy atom. The molecule has 0 fully saturated rings. The summed E-state index contributed by atoms with van der Waals surface area (Å²) >= 11 is 1.12. The maximum absolute atomic E-state index is 12.4. The fourth-order valence-electron chi connectivity index (χ4n) is 1.80. The molecule has 22 heavy (non-hydrogen) atoms. The van der Waals surface area contributed by atoms with Gasteiger partial charge in [0.1, 0.15) is 9.96 Å². The molecule has 0 spiro atoms. The molecule has 3 rings (SSSR count). The average molecular weight is 336 g/mol. The number of anilines is 1. The Kier molecular flexibility index (Phi) is 3.86. The minimum Gasteiger partial charge on any atom is -0.497 e. The predicted molar refractivity (Wildman–Crippen MR) is 83.6 cm³/mol. The highest BCUT2D eigenvalue weighted by atomic mass is 32.2. The van der Waals surface area contributed by atoms with Crippen molar-refractivity contribution < 1.29 is 17.7 Å². The molecule has 6 nitrogen and oxygen atoms in total. The van der Waals surface area contributed by atoms with Crippen molar-refractivity contribution in [1.82, 2.24) is 5.16 Å². The smallest absolute Gasteiger partial charge is 0.271 e. The van der Waals surface area contributed by atoms with Crippen LogP contribution in [0.1, 0.15) is 0 Å². The van der Waals surface area contributed by atoms with Crippen molar-refractivity contribution >= 4 is 27.0 Å². The molecule has 0 saturated carbocycles. The molecule has 3 aromatic rings. The maximum atomic E-state index is 12.4. The lowest BCUT2D eigenvalue weighted by Crippen LogP contribution is -2.11. The molecule has 1 aromatic carbocycles. The van der Waals surface area contributed by atoms with Gasteiger partial charge in [-0.2, -0.15) is 0 Å². The Bertz CT molecular complexity index is 853. The first-order chi connectivity index (χ1) is 10.6. The second kappa shape index (κ2) is 5.82. The molecule has 0 unspecified atom stereocenters. The van der Waals surface area contributed by atoms with Gasteiger partial charge in [-0.05, 0) is 36.4 Å². The Balaban J connectivity index is 1.83. The van der Waals surface area contributed by atoms with Gasteiger partial charge in [0.2, 0.25) is 0 Å². The van der Waals surface area contributed by atoms with E-state index in [-0.39, 0.29) is 4.21 Å². The van der Waals surface area contributed by atoms with E-state index in [4.69, 9.17) is 9.26 Å². The van der Waals surface area contributed by atoms with E-state index >= 15 is 0 Å². The van der Waals surface area contributed by atoms with E-state index in [0.717, 1.165) is 11.3 Å². The predicted octanol–water partition coefficient (Wildman–Crippen LogP) is 3.21. The van der Waals surface area contributed by atoms with Crippen LogP contribution < -0.4 is 9.46 Å². The van der Waals surface area contributed by atoms with Crippen molar-refractivity contribution in [3.63, 3.8) is 0 Å². The summed E-state index contributed by atoms with van der Waals surface area (Å²) in [7, 11) is -2.09. The quantitative estimate of drug-likeness (QED) is 0.774. The lowest BCUT2D eigenvalue weighted by Gasteiger charge is -2.06. The van der Waals surface area contributed by atoms with Crippen LogP contribution >= 0.6 is 11.3 Å². The van der Waals surface area contributed by atoms with Crippen LogP contribution in [-0.2, 0) is 10.0 Å². The second-order valence-electron chi connectivity index (χ2n) is 4.33. The van der Waals surface area contributed by atoms with Crippen LogP contribution in [0.4, 0.5) is 5.69 Å². The second-order valence-corrected chi connectivity index (χ2v) is 7.32. The van der Waals surface area contributed by atoms with Gasteiger partial charge in [0.25, 0.3) is 10.0 Å². The number of thiophene rings is 1. The molecule has 0 atom stereocenters. The number of benzene rings is 1. The normalized spacial score (nSPS) is 11.3. The van der Waals surface area contributed by atoms with E-state index in [1.807, 2.05) is 0 Å². The standard InChI is InChI=1S/C14H12N2O4S2/c1-19-11-4-2-10(3-5-11)16-22(17,18)14-7-6-13(21-14)12-8-9-15-20-12/h2-9,16H,1H3. The van der Waals surface area contributed by atoms with Crippen LogP contribution in [0.2, 0.25) is 0 Å². The molecule has 8 heteroatoms. The summed E-state index contributed by atoms with van der Waals surface area (Å²) in [5, 5.41) is 3.61. The maximum Gasteiger partial charge on any atom is 0.271 e. The zero-order valence-electron chi connectivity index (χ0n) is 11.5. The largest absolute Gasteiger partial charge is 0.497 e. The Morgan fingerprint density at radius 2 is 1.91 bits per heavy atom. The minimum atomic E-state index is -3.64. The van der Waals surface area contributed by atoms with Crippen molar-refractivity contribution in [1.29, 1.82) is 0 Å². The topological polar surface area (TPSA) is 81.4 Å². The highest BCUT2D eigenvalue weighted by Gasteiger charge is 2.18. The number of hydrogen-bond donors (Lipinski definition) is 1. The van der Waals surface area contributed by atoms with Crippen molar-refractivity contribution in [3.8, 4) is 16.4 Å². The average Bonchev–Trinajstić information content (AvgIpc) is 3.19. The Morgan fingerprint density at radius 1 is 1.14 bits per heavy atom. The van der Waals surface area contributed by atoms with Crippen LogP contribution in [0.3, 0.4) is 0 Å². The SMILES string of the molecule is COc1ccc(NS(=O)(=O)c2ccc(-c3ccno3)s2)cc1. The van der Waals surface area contributed by atoms with Crippen molar-refractivity contribution in [2.75, 3.05) is 11.8 Å². The Labute approximate surface area is 131 Å². The highest BCUT2D eigenvalue weighted by Crippen LogP contribution is 2.31. The zero-order chi connectivity index (χ0) is 15.6. The molecule has 0 amide bonds. The van der Waals surface area contributed by atoms with Gasteiger partial charge < -0.3 is 9.26 Å². The minimum absolute atomic E-state index is 0.203. The van der Waals surface area contributed by atoms with Gasteiger partial charge in [-0.25, -0.2) is 8.42 Å². The van der Waals surface area contributed by atoms with Crippen LogP contribution in [0.5, 0.6) is 5.75 Å². The molecular weight excluding hydrogens is 324 g/mol. The van der Waals surface area contributed by atoms with Crippen LogP contribution in [0.25, 0.3) is 10.6 Å². The molecule has 0 radical (unpaired) electrons. The van der Waals surface area contributed by atoms with Gasteiger partial charge in [-0.3, -0.25) is 4.72 Å². The molecule has 1 N–H and O–H groups in total. The zero-order valence-corrected chi connectivity index (χ0v) is 13.1. The molecule has 0 aliphatic rings. The monoisotopic (exact) mass is 336 g/mol. The van der Waals surface area contributed by atoms with Crippen LogP contribution in [-0.4, -0.2) is 20.7 Å². The van der Waals surface area contributed by atoms with Gasteiger partial charge in [-0.15, -0.1) is 11.3 Å². The third kappa shape index (κ3) is 2.97. The van der Waals surface area contributed by atoms with Gasteiger partial charge in [0.05, 0.1) is 18.2 Å². The summed E-state index contributed by atoms with van der Waals surface area (Å²) in [5.74, 6) is 1.20. The number of nitrogens with one attached hydrogen (secondary N) is 1. The molecule has 2 aromatic heterocycles. The molecular formula is C14H12N2O4S2. The van der Waals surface area contributed by atoms with Gasteiger partial charge in [0.15, 0.2) is 5.76 Å². The van der Waals surface area contributed by atoms with E-state index < -0.39 is 10.0 Å². The van der Waals surface area contributed by atoms with Crippen LogP contribution in [0, 0.1) is 0 Å². The molecule has 114 valence electrons.